The Hall–Kier alpha value is -1.16. The molecule has 92 valence electrons. The maximum atomic E-state index is 12.0. The van der Waals surface area contributed by atoms with E-state index in [1.807, 2.05) is 0 Å². The highest BCUT2D eigenvalue weighted by atomic mass is 32.1. The van der Waals surface area contributed by atoms with Gasteiger partial charge in [-0.15, -0.1) is 0 Å². The Morgan fingerprint density at radius 3 is 2.76 bits per heavy atom. The minimum absolute atomic E-state index is 0.0496. The van der Waals surface area contributed by atoms with E-state index in [-0.39, 0.29) is 5.91 Å². The number of carbonyl (C=O) groups is 1. The number of pyridine rings is 1. The molecule has 0 aliphatic heterocycles. The number of hydrogen-bond donors (Lipinski definition) is 2. The lowest BCUT2D eigenvalue weighted by Crippen LogP contribution is -2.37. The molecule has 3 nitrogen and oxygen atoms in total. The molecular formula is C13H18N2OS. The van der Waals surface area contributed by atoms with Crippen LogP contribution < -0.4 is 5.32 Å². The molecule has 17 heavy (non-hydrogen) atoms. The third-order valence-corrected chi connectivity index (χ3v) is 3.75. The van der Waals surface area contributed by atoms with E-state index in [0.29, 0.717) is 16.2 Å². The Labute approximate surface area is 107 Å². The first-order valence-corrected chi connectivity index (χ1v) is 6.56. The summed E-state index contributed by atoms with van der Waals surface area (Å²) >= 11 is 5.10. The van der Waals surface area contributed by atoms with Crippen LogP contribution in [0.4, 0.5) is 0 Å². The van der Waals surface area contributed by atoms with E-state index in [4.69, 9.17) is 12.2 Å². The Morgan fingerprint density at radius 1 is 1.41 bits per heavy atom. The average Bonchev–Trinajstić information content (AvgIpc) is 2.32. The lowest BCUT2D eigenvalue weighted by Gasteiger charge is -2.26. The number of amides is 1. The molecule has 1 saturated carbocycles. The van der Waals surface area contributed by atoms with Crippen molar-refractivity contribution in [3.8, 4) is 0 Å². The monoisotopic (exact) mass is 250 g/mol. The summed E-state index contributed by atoms with van der Waals surface area (Å²) in [5.41, 5.74) is 0.570. The van der Waals surface area contributed by atoms with Gasteiger partial charge in [0, 0.05) is 12.2 Å². The first-order chi connectivity index (χ1) is 8.16. The highest BCUT2D eigenvalue weighted by Crippen LogP contribution is 2.23. The quantitative estimate of drug-likeness (QED) is 0.792. The zero-order valence-electron chi connectivity index (χ0n) is 10.0. The molecule has 0 bridgehead atoms. The molecule has 1 aliphatic rings. The lowest BCUT2D eigenvalue weighted by atomic mass is 9.87. The van der Waals surface area contributed by atoms with Gasteiger partial charge in [-0.2, -0.15) is 0 Å². The molecule has 0 aromatic carbocycles. The molecule has 2 rings (SSSR count). The van der Waals surface area contributed by atoms with E-state index in [9.17, 15) is 4.79 Å². The first-order valence-electron chi connectivity index (χ1n) is 6.15. The molecule has 1 aliphatic carbocycles. The number of rotatable bonds is 2. The maximum absolute atomic E-state index is 12.0. The van der Waals surface area contributed by atoms with Gasteiger partial charge in [-0.1, -0.05) is 19.1 Å². The molecule has 1 fully saturated rings. The fraction of sp³-hybridized carbons (Fsp3) is 0.538. The number of aromatic amines is 1. The summed E-state index contributed by atoms with van der Waals surface area (Å²) in [5.74, 6) is 0.745. The second-order valence-electron chi connectivity index (χ2n) is 4.84. The Morgan fingerprint density at radius 2 is 2.12 bits per heavy atom. The van der Waals surface area contributed by atoms with Crippen molar-refractivity contribution in [3.63, 3.8) is 0 Å². The van der Waals surface area contributed by atoms with Crippen LogP contribution in [-0.2, 0) is 0 Å². The third kappa shape index (κ3) is 3.16. The van der Waals surface area contributed by atoms with Crippen LogP contribution in [-0.4, -0.2) is 16.9 Å². The number of carbonyl (C=O) groups excluding carboxylic acids is 1. The maximum Gasteiger partial charge on any atom is 0.254 e. The van der Waals surface area contributed by atoms with Crippen molar-refractivity contribution < 1.29 is 4.79 Å². The number of hydrogen-bond acceptors (Lipinski definition) is 2. The van der Waals surface area contributed by atoms with Crippen LogP contribution in [0.5, 0.6) is 0 Å². The molecule has 1 aromatic heterocycles. The van der Waals surface area contributed by atoms with Gasteiger partial charge < -0.3 is 10.3 Å². The number of H-pyrrole nitrogens is 1. The standard InChI is InChI=1S/C13H18N2OS/c1-9-4-6-10(7-5-9)15-12(16)11-3-2-8-14-13(11)17/h2-3,8-10H,4-7H2,1H3,(H,14,17)(H,15,16). The fourth-order valence-electron chi connectivity index (χ4n) is 2.27. The van der Waals surface area contributed by atoms with Gasteiger partial charge in [0.1, 0.15) is 4.64 Å². The zero-order chi connectivity index (χ0) is 12.3. The van der Waals surface area contributed by atoms with Crippen LogP contribution in [0.15, 0.2) is 18.3 Å². The lowest BCUT2D eigenvalue weighted by molar-refractivity contribution is 0.0922. The van der Waals surface area contributed by atoms with Crippen LogP contribution in [0.25, 0.3) is 0 Å². The third-order valence-electron chi connectivity index (χ3n) is 3.41. The molecule has 0 atom stereocenters. The Bertz CT molecular complexity index is 447. The second kappa shape index (κ2) is 5.45. The topological polar surface area (TPSA) is 44.9 Å². The summed E-state index contributed by atoms with van der Waals surface area (Å²) in [5, 5.41) is 3.07. The van der Waals surface area contributed by atoms with E-state index in [0.717, 1.165) is 18.8 Å². The molecule has 0 saturated heterocycles. The summed E-state index contributed by atoms with van der Waals surface area (Å²) < 4.78 is 0.508. The molecule has 1 amide bonds. The predicted octanol–water partition coefficient (Wildman–Crippen LogP) is 3.05. The molecule has 1 aromatic rings. The van der Waals surface area contributed by atoms with Gasteiger partial charge >= 0.3 is 0 Å². The molecule has 0 unspecified atom stereocenters. The van der Waals surface area contributed by atoms with Crippen molar-refractivity contribution in [2.45, 2.75) is 38.6 Å². The van der Waals surface area contributed by atoms with Crippen molar-refractivity contribution in [3.05, 3.63) is 28.5 Å². The Balaban J connectivity index is 1.98. The SMILES string of the molecule is CC1CCC(NC(=O)c2ccc[nH]c2=S)CC1. The van der Waals surface area contributed by atoms with Gasteiger partial charge in [0.25, 0.3) is 5.91 Å². The minimum Gasteiger partial charge on any atom is -0.352 e. The van der Waals surface area contributed by atoms with E-state index in [1.54, 1.807) is 18.3 Å². The molecular weight excluding hydrogens is 232 g/mol. The Kier molecular flexibility index (Phi) is 3.94. The van der Waals surface area contributed by atoms with Crippen molar-refractivity contribution in [2.24, 2.45) is 5.92 Å². The molecule has 0 spiro atoms. The largest absolute Gasteiger partial charge is 0.352 e. The zero-order valence-corrected chi connectivity index (χ0v) is 10.8. The first kappa shape index (κ1) is 12.3. The van der Waals surface area contributed by atoms with E-state index >= 15 is 0 Å². The average molecular weight is 250 g/mol. The van der Waals surface area contributed by atoms with Crippen LogP contribution in [0.2, 0.25) is 0 Å². The fourth-order valence-corrected chi connectivity index (χ4v) is 2.50. The van der Waals surface area contributed by atoms with Crippen LogP contribution >= 0.6 is 12.2 Å². The molecule has 1 heterocycles. The minimum atomic E-state index is -0.0496. The van der Waals surface area contributed by atoms with Gasteiger partial charge in [0.15, 0.2) is 0 Å². The summed E-state index contributed by atoms with van der Waals surface area (Å²) in [7, 11) is 0. The normalized spacial score (nSPS) is 24.3. The highest BCUT2D eigenvalue weighted by Gasteiger charge is 2.20. The van der Waals surface area contributed by atoms with Gasteiger partial charge in [0.2, 0.25) is 0 Å². The number of aromatic nitrogens is 1. The van der Waals surface area contributed by atoms with E-state index < -0.39 is 0 Å². The smallest absolute Gasteiger partial charge is 0.254 e. The highest BCUT2D eigenvalue weighted by molar-refractivity contribution is 7.71. The van der Waals surface area contributed by atoms with Crippen LogP contribution in [0, 0.1) is 10.6 Å². The van der Waals surface area contributed by atoms with Gasteiger partial charge in [-0.05, 0) is 43.7 Å². The van der Waals surface area contributed by atoms with Crippen molar-refractivity contribution in [1.29, 1.82) is 0 Å². The summed E-state index contributed by atoms with van der Waals surface area (Å²) in [6.07, 6.45) is 6.30. The predicted molar refractivity (Wildman–Crippen MR) is 70.5 cm³/mol. The second-order valence-corrected chi connectivity index (χ2v) is 5.25. The number of nitrogens with one attached hydrogen (secondary N) is 2. The summed E-state index contributed by atoms with van der Waals surface area (Å²) in [6.45, 7) is 2.27. The molecule has 4 heteroatoms. The van der Waals surface area contributed by atoms with E-state index in [1.165, 1.54) is 12.8 Å². The van der Waals surface area contributed by atoms with Crippen LogP contribution in [0.1, 0.15) is 43.0 Å². The van der Waals surface area contributed by atoms with Gasteiger partial charge in [-0.3, -0.25) is 4.79 Å². The van der Waals surface area contributed by atoms with Gasteiger partial charge in [0.05, 0.1) is 5.56 Å². The molecule has 0 radical (unpaired) electrons. The van der Waals surface area contributed by atoms with Crippen molar-refractivity contribution >= 4 is 18.1 Å². The molecule has 2 N–H and O–H groups in total. The van der Waals surface area contributed by atoms with Gasteiger partial charge in [-0.25, -0.2) is 0 Å². The summed E-state index contributed by atoms with van der Waals surface area (Å²) in [6, 6.07) is 3.88. The van der Waals surface area contributed by atoms with Crippen LogP contribution in [0.3, 0.4) is 0 Å². The van der Waals surface area contributed by atoms with Crippen molar-refractivity contribution in [1.82, 2.24) is 10.3 Å². The summed E-state index contributed by atoms with van der Waals surface area (Å²) in [4.78, 5) is 14.9. The van der Waals surface area contributed by atoms with E-state index in [2.05, 4.69) is 17.2 Å². The van der Waals surface area contributed by atoms with Crippen molar-refractivity contribution in [2.75, 3.05) is 0 Å².